The number of aryl methyl sites for hydroxylation is 3. The molecule has 0 unspecified atom stereocenters. The topological polar surface area (TPSA) is 72.0 Å². The van der Waals surface area contributed by atoms with Gasteiger partial charge in [0.25, 0.3) is 5.91 Å². The molecule has 2 aromatic rings. The number of hydrazone groups is 1. The number of rotatable bonds is 5. The van der Waals surface area contributed by atoms with Crippen LogP contribution in [-0.2, 0) is 4.79 Å². The second-order valence-electron chi connectivity index (χ2n) is 7.07. The van der Waals surface area contributed by atoms with Crippen LogP contribution in [0.3, 0.4) is 0 Å². The summed E-state index contributed by atoms with van der Waals surface area (Å²) in [4.78, 5) is 12.2. The van der Waals surface area contributed by atoms with Crippen LogP contribution in [0.25, 0.3) is 0 Å². The number of carbonyl (C=O) groups is 1. The van der Waals surface area contributed by atoms with Crippen molar-refractivity contribution >= 4 is 17.3 Å². The van der Waals surface area contributed by atoms with Crippen molar-refractivity contribution in [3.63, 3.8) is 0 Å². The van der Waals surface area contributed by atoms with Crippen molar-refractivity contribution in [2.75, 3.05) is 25.1 Å². The Balaban J connectivity index is 1.60. The van der Waals surface area contributed by atoms with Gasteiger partial charge in [-0.15, -0.1) is 0 Å². The Morgan fingerprint density at radius 1 is 1.04 bits per heavy atom. The Kier molecular flexibility index (Phi) is 6.19. The van der Waals surface area contributed by atoms with Gasteiger partial charge in [-0.25, -0.2) is 5.43 Å². The molecule has 6 heteroatoms. The lowest BCUT2D eigenvalue weighted by atomic mass is 10.1. The number of nitrogens with one attached hydrogen (secondary N) is 2. The highest BCUT2D eigenvalue weighted by Crippen LogP contribution is 2.30. The summed E-state index contributed by atoms with van der Waals surface area (Å²) < 4.78 is 11.3. The number of ether oxygens (including phenoxy) is 2. The fourth-order valence-electron chi connectivity index (χ4n) is 3.27. The van der Waals surface area contributed by atoms with Gasteiger partial charge in [0, 0.05) is 17.7 Å². The summed E-state index contributed by atoms with van der Waals surface area (Å²) in [5.41, 5.74) is 8.63. The van der Waals surface area contributed by atoms with E-state index in [1.165, 1.54) is 5.56 Å². The smallest absolute Gasteiger partial charge is 0.259 e. The molecule has 3 rings (SSSR count). The molecule has 2 N–H and O–H groups in total. The van der Waals surface area contributed by atoms with Crippen molar-refractivity contribution in [2.45, 2.75) is 34.1 Å². The van der Waals surface area contributed by atoms with Crippen LogP contribution in [0.2, 0.25) is 0 Å². The van der Waals surface area contributed by atoms with Crippen LogP contribution in [0.4, 0.5) is 5.69 Å². The molecule has 2 aromatic carbocycles. The number of nitrogens with zero attached hydrogens (tertiary/aromatic N) is 1. The lowest BCUT2D eigenvalue weighted by Crippen LogP contribution is -2.27. The van der Waals surface area contributed by atoms with Gasteiger partial charge in [0.15, 0.2) is 11.5 Å². The predicted molar refractivity (Wildman–Crippen MR) is 112 cm³/mol. The largest absolute Gasteiger partial charge is 0.490 e. The molecule has 0 saturated heterocycles. The zero-order valence-electron chi connectivity index (χ0n) is 16.9. The van der Waals surface area contributed by atoms with Crippen molar-refractivity contribution in [3.8, 4) is 11.5 Å². The lowest BCUT2D eigenvalue weighted by Gasteiger charge is -2.13. The maximum atomic E-state index is 12.2. The molecule has 0 saturated carbocycles. The van der Waals surface area contributed by atoms with Crippen LogP contribution in [0.1, 0.15) is 35.6 Å². The predicted octanol–water partition coefficient (Wildman–Crippen LogP) is 3.73. The minimum Gasteiger partial charge on any atom is -0.490 e. The maximum absolute atomic E-state index is 12.2. The highest BCUT2D eigenvalue weighted by Gasteiger charge is 2.12. The number of anilines is 1. The van der Waals surface area contributed by atoms with Gasteiger partial charge in [-0.1, -0.05) is 17.7 Å². The van der Waals surface area contributed by atoms with E-state index < -0.39 is 0 Å². The van der Waals surface area contributed by atoms with E-state index in [0.29, 0.717) is 24.7 Å². The first-order valence-corrected chi connectivity index (χ1v) is 9.49. The average molecular weight is 381 g/mol. The van der Waals surface area contributed by atoms with Crippen LogP contribution >= 0.6 is 0 Å². The molecule has 1 aliphatic rings. The molecular formula is C22H27N3O3. The van der Waals surface area contributed by atoms with E-state index in [4.69, 9.17) is 9.47 Å². The van der Waals surface area contributed by atoms with E-state index in [2.05, 4.69) is 34.9 Å². The minimum absolute atomic E-state index is 0.155. The summed E-state index contributed by atoms with van der Waals surface area (Å²) in [5.74, 6) is 1.25. The van der Waals surface area contributed by atoms with Gasteiger partial charge in [0.2, 0.25) is 0 Å². The van der Waals surface area contributed by atoms with Crippen molar-refractivity contribution < 1.29 is 14.3 Å². The standard InChI is InChI=1S/C22H27N3O3/c1-14-10-15(2)22(16(3)11-14)23-13-21(26)25-24-17(4)18-6-7-19-20(12-18)28-9-5-8-27-19/h6-7,10-12,23H,5,8-9,13H2,1-4H3,(H,25,26)/b24-17-. The second-order valence-corrected chi connectivity index (χ2v) is 7.07. The molecule has 28 heavy (non-hydrogen) atoms. The fourth-order valence-corrected chi connectivity index (χ4v) is 3.27. The Morgan fingerprint density at radius 2 is 1.71 bits per heavy atom. The van der Waals surface area contributed by atoms with Crippen molar-refractivity contribution in [1.82, 2.24) is 5.43 Å². The fraction of sp³-hybridized carbons (Fsp3) is 0.364. The average Bonchev–Trinajstić information content (AvgIpc) is 2.90. The first-order valence-electron chi connectivity index (χ1n) is 9.49. The van der Waals surface area contributed by atoms with Crippen LogP contribution in [0.5, 0.6) is 11.5 Å². The highest BCUT2D eigenvalue weighted by molar-refractivity contribution is 6.00. The van der Waals surface area contributed by atoms with E-state index in [9.17, 15) is 4.79 Å². The quantitative estimate of drug-likeness (QED) is 0.612. The molecular weight excluding hydrogens is 354 g/mol. The number of fused-ring (bicyclic) bond motifs is 1. The van der Waals surface area contributed by atoms with Crippen molar-refractivity contribution in [2.24, 2.45) is 5.10 Å². The summed E-state index contributed by atoms with van der Waals surface area (Å²) >= 11 is 0. The minimum atomic E-state index is -0.201. The second kappa shape index (κ2) is 8.78. The van der Waals surface area contributed by atoms with Crippen LogP contribution in [0.15, 0.2) is 35.4 Å². The maximum Gasteiger partial charge on any atom is 0.259 e. The summed E-state index contributed by atoms with van der Waals surface area (Å²) in [5, 5.41) is 7.42. The van der Waals surface area contributed by atoms with Crippen LogP contribution in [0, 0.1) is 20.8 Å². The number of hydrogen-bond donors (Lipinski definition) is 2. The van der Waals surface area contributed by atoms with Gasteiger partial charge in [-0.3, -0.25) is 4.79 Å². The number of hydrogen-bond acceptors (Lipinski definition) is 5. The van der Waals surface area contributed by atoms with E-state index in [1.54, 1.807) is 0 Å². The number of amides is 1. The molecule has 0 fully saturated rings. The summed E-state index contributed by atoms with van der Waals surface area (Å²) in [6, 6.07) is 9.87. The molecule has 0 aliphatic carbocycles. The number of benzene rings is 2. The molecule has 0 atom stereocenters. The van der Waals surface area contributed by atoms with E-state index >= 15 is 0 Å². The number of carbonyl (C=O) groups excluding carboxylic acids is 1. The molecule has 0 spiro atoms. The van der Waals surface area contributed by atoms with Gasteiger partial charge in [0.1, 0.15) is 0 Å². The van der Waals surface area contributed by atoms with Gasteiger partial charge in [0.05, 0.1) is 25.5 Å². The first-order chi connectivity index (χ1) is 13.4. The molecule has 1 aliphatic heterocycles. The van der Waals surface area contributed by atoms with E-state index in [-0.39, 0.29) is 12.5 Å². The lowest BCUT2D eigenvalue weighted by molar-refractivity contribution is -0.119. The molecule has 1 heterocycles. The van der Waals surface area contributed by atoms with Gasteiger partial charge in [-0.2, -0.15) is 5.10 Å². The third kappa shape index (κ3) is 4.82. The molecule has 148 valence electrons. The molecule has 1 amide bonds. The normalized spacial score (nSPS) is 13.6. The zero-order chi connectivity index (χ0) is 20.1. The molecule has 0 aromatic heterocycles. The zero-order valence-corrected chi connectivity index (χ0v) is 16.9. The molecule has 0 bridgehead atoms. The summed E-state index contributed by atoms with van der Waals surface area (Å²) in [6.45, 7) is 9.42. The SMILES string of the molecule is C/C(=N/NC(=O)CNc1c(C)cc(C)cc1C)c1ccc2c(c1)OCCCO2. The molecule has 0 radical (unpaired) electrons. The summed E-state index contributed by atoms with van der Waals surface area (Å²) in [7, 11) is 0. The van der Waals surface area contributed by atoms with E-state index in [1.807, 2.05) is 39.0 Å². The monoisotopic (exact) mass is 381 g/mol. The Morgan fingerprint density at radius 3 is 2.43 bits per heavy atom. The van der Waals surface area contributed by atoms with Crippen molar-refractivity contribution in [1.29, 1.82) is 0 Å². The summed E-state index contributed by atoms with van der Waals surface area (Å²) in [6.07, 6.45) is 0.861. The van der Waals surface area contributed by atoms with Gasteiger partial charge < -0.3 is 14.8 Å². The highest BCUT2D eigenvalue weighted by atomic mass is 16.5. The Labute approximate surface area is 165 Å². The third-order valence-electron chi connectivity index (χ3n) is 4.62. The Hall–Kier alpha value is -3.02. The third-order valence-corrected chi connectivity index (χ3v) is 4.62. The first kappa shape index (κ1) is 19.7. The van der Waals surface area contributed by atoms with Gasteiger partial charge >= 0.3 is 0 Å². The molecule has 6 nitrogen and oxygen atoms in total. The van der Waals surface area contributed by atoms with E-state index in [0.717, 1.165) is 34.5 Å². The van der Waals surface area contributed by atoms with Crippen LogP contribution < -0.4 is 20.2 Å². The van der Waals surface area contributed by atoms with Gasteiger partial charge in [-0.05, 0) is 57.0 Å². The van der Waals surface area contributed by atoms with Crippen molar-refractivity contribution in [3.05, 3.63) is 52.6 Å². The van der Waals surface area contributed by atoms with Crippen LogP contribution in [-0.4, -0.2) is 31.4 Å². The Bertz CT molecular complexity index is 883.